The average Bonchev–Trinajstić information content (AvgIpc) is 3.12. The van der Waals surface area contributed by atoms with E-state index in [2.05, 4.69) is 5.32 Å². The molecule has 16 heteroatoms. The van der Waals surface area contributed by atoms with Gasteiger partial charge in [0.1, 0.15) is 6.61 Å². The molecule has 2 N–H and O–H groups in total. The van der Waals surface area contributed by atoms with Crippen LogP contribution < -0.4 is 5.32 Å². The van der Waals surface area contributed by atoms with E-state index in [1.807, 2.05) is 6.07 Å². The highest BCUT2D eigenvalue weighted by molar-refractivity contribution is 5.89. The number of hydrogen-bond donors (Lipinski definition) is 2. The van der Waals surface area contributed by atoms with Gasteiger partial charge in [-0.2, -0.15) is 0 Å². The van der Waals surface area contributed by atoms with Crippen molar-refractivity contribution in [1.82, 2.24) is 5.32 Å². The first-order chi connectivity index (χ1) is 24.6. The molecule has 0 atom stereocenters. The number of carbonyl (C=O) groups excluding carboxylic acids is 2. The van der Waals surface area contributed by atoms with Crippen molar-refractivity contribution in [1.29, 1.82) is 0 Å². The summed E-state index contributed by atoms with van der Waals surface area (Å²) in [6, 6.07) is 8.82. The molecule has 1 rings (SSSR count). The van der Waals surface area contributed by atoms with Gasteiger partial charge in [0.2, 0.25) is 5.91 Å². The van der Waals surface area contributed by atoms with Crippen LogP contribution in [0.15, 0.2) is 30.3 Å². The van der Waals surface area contributed by atoms with Crippen LogP contribution in [0.4, 0.5) is 0 Å². The standard InChI is InChI=1S/C34H57NO15/c36-32(7-8-33(37)38)35-9-4-10-40-11-12-41-13-14-42-15-16-43-17-18-44-19-20-45-21-22-46-23-24-47-25-26-48-27-28-49-29-30-50-34(39)31-5-2-1-3-6-31/h1-3,5-6H,4,7-30H2,(H,35,36)(H,37,38). The number of carboxylic acid groups (broad SMARTS) is 1. The van der Waals surface area contributed by atoms with E-state index in [-0.39, 0.29) is 31.3 Å². The van der Waals surface area contributed by atoms with Crippen LogP contribution in [-0.4, -0.2) is 168 Å². The predicted molar refractivity (Wildman–Crippen MR) is 179 cm³/mol. The molecule has 0 aliphatic heterocycles. The lowest BCUT2D eigenvalue weighted by Gasteiger charge is -2.09. The number of aliphatic carboxylic acids is 1. The topological polar surface area (TPSA) is 185 Å². The second-order valence-electron chi connectivity index (χ2n) is 10.2. The van der Waals surface area contributed by atoms with Crippen LogP contribution in [0.2, 0.25) is 0 Å². The number of amides is 1. The van der Waals surface area contributed by atoms with E-state index >= 15 is 0 Å². The van der Waals surface area contributed by atoms with Gasteiger partial charge in [0.05, 0.1) is 138 Å². The van der Waals surface area contributed by atoms with Crippen LogP contribution in [0.25, 0.3) is 0 Å². The number of nitrogens with one attached hydrogen (secondary N) is 1. The van der Waals surface area contributed by atoms with Gasteiger partial charge in [-0.25, -0.2) is 4.79 Å². The maximum Gasteiger partial charge on any atom is 0.338 e. The van der Waals surface area contributed by atoms with E-state index in [0.29, 0.717) is 151 Å². The molecule has 0 heterocycles. The van der Waals surface area contributed by atoms with Gasteiger partial charge in [0, 0.05) is 19.6 Å². The molecule has 288 valence electrons. The number of esters is 1. The highest BCUT2D eigenvalue weighted by Gasteiger charge is 2.06. The minimum Gasteiger partial charge on any atom is -0.481 e. The van der Waals surface area contributed by atoms with Crippen molar-refractivity contribution in [3.8, 4) is 0 Å². The molecule has 0 saturated carbocycles. The molecule has 1 amide bonds. The second kappa shape index (κ2) is 36.0. The van der Waals surface area contributed by atoms with Crippen LogP contribution in [0.1, 0.15) is 29.6 Å². The first-order valence-corrected chi connectivity index (χ1v) is 17.1. The van der Waals surface area contributed by atoms with E-state index < -0.39 is 5.97 Å². The maximum absolute atomic E-state index is 11.8. The van der Waals surface area contributed by atoms with Crippen LogP contribution in [0.5, 0.6) is 0 Å². The van der Waals surface area contributed by atoms with Crippen molar-refractivity contribution in [2.45, 2.75) is 19.3 Å². The monoisotopic (exact) mass is 719 g/mol. The van der Waals surface area contributed by atoms with E-state index in [0.717, 1.165) is 0 Å². The van der Waals surface area contributed by atoms with Crippen LogP contribution in [0, 0.1) is 0 Å². The Balaban J connectivity index is 1.64. The summed E-state index contributed by atoms with van der Waals surface area (Å²) in [5, 5.41) is 11.2. The Labute approximate surface area is 295 Å². The minimum atomic E-state index is -0.986. The van der Waals surface area contributed by atoms with Gasteiger partial charge < -0.3 is 62.5 Å². The fraction of sp³-hybridized carbons (Fsp3) is 0.735. The van der Waals surface area contributed by atoms with Gasteiger partial charge in [-0.1, -0.05) is 18.2 Å². The molecule has 1 aromatic carbocycles. The third-order valence-corrected chi connectivity index (χ3v) is 6.17. The number of ether oxygens (including phenoxy) is 11. The largest absolute Gasteiger partial charge is 0.481 e. The lowest BCUT2D eigenvalue weighted by Crippen LogP contribution is -2.25. The summed E-state index contributed by atoms with van der Waals surface area (Å²) in [5.41, 5.74) is 0.518. The zero-order valence-corrected chi connectivity index (χ0v) is 29.2. The SMILES string of the molecule is O=C(O)CCC(=O)NCCCOCCOCCOCCOCCOCCOCCOCCOCCOCCOCCOC(=O)c1ccccc1. The summed E-state index contributed by atoms with van der Waals surface area (Å²) in [4.78, 5) is 33.6. The molecular weight excluding hydrogens is 662 g/mol. The minimum absolute atomic E-state index is 0.0139. The fourth-order valence-corrected chi connectivity index (χ4v) is 3.64. The van der Waals surface area contributed by atoms with Gasteiger partial charge in [-0.15, -0.1) is 0 Å². The molecule has 16 nitrogen and oxygen atoms in total. The molecule has 0 unspecified atom stereocenters. The first kappa shape index (κ1) is 45.3. The maximum atomic E-state index is 11.8. The third kappa shape index (κ3) is 32.4. The Morgan fingerprint density at radius 1 is 0.460 bits per heavy atom. The molecule has 0 radical (unpaired) electrons. The third-order valence-electron chi connectivity index (χ3n) is 6.17. The summed E-state index contributed by atoms with van der Waals surface area (Å²) in [6.07, 6.45) is 0.465. The van der Waals surface area contributed by atoms with Gasteiger partial charge in [-0.3, -0.25) is 9.59 Å². The number of hydrogen-bond acceptors (Lipinski definition) is 14. The highest BCUT2D eigenvalue weighted by atomic mass is 16.6. The van der Waals surface area contributed by atoms with Crippen LogP contribution in [-0.2, 0) is 61.7 Å². The van der Waals surface area contributed by atoms with Crippen molar-refractivity contribution in [3.05, 3.63) is 35.9 Å². The first-order valence-electron chi connectivity index (χ1n) is 17.1. The van der Waals surface area contributed by atoms with Gasteiger partial charge in [0.15, 0.2) is 0 Å². The molecular formula is C34H57NO15. The van der Waals surface area contributed by atoms with Crippen molar-refractivity contribution in [2.24, 2.45) is 0 Å². The molecule has 0 saturated heterocycles. The van der Waals surface area contributed by atoms with Crippen LogP contribution in [0.3, 0.4) is 0 Å². The van der Waals surface area contributed by atoms with Crippen molar-refractivity contribution >= 4 is 17.8 Å². The molecule has 0 aromatic heterocycles. The number of rotatable bonds is 38. The Kier molecular flexibility index (Phi) is 32.6. The quantitative estimate of drug-likeness (QED) is 0.0737. The number of carboxylic acids is 1. The molecule has 0 fully saturated rings. The lowest BCUT2D eigenvalue weighted by atomic mass is 10.2. The number of carbonyl (C=O) groups is 3. The summed E-state index contributed by atoms with van der Waals surface area (Å²) in [7, 11) is 0. The normalized spacial score (nSPS) is 11.1. The molecule has 50 heavy (non-hydrogen) atoms. The van der Waals surface area contributed by atoms with Crippen molar-refractivity contribution < 1.29 is 71.6 Å². The summed E-state index contributed by atoms with van der Waals surface area (Å²) < 4.78 is 59.5. The Morgan fingerprint density at radius 3 is 1.16 bits per heavy atom. The average molecular weight is 720 g/mol. The van der Waals surface area contributed by atoms with E-state index in [9.17, 15) is 14.4 Å². The van der Waals surface area contributed by atoms with Crippen molar-refractivity contribution in [3.63, 3.8) is 0 Å². The second-order valence-corrected chi connectivity index (χ2v) is 10.2. The smallest absolute Gasteiger partial charge is 0.338 e. The van der Waals surface area contributed by atoms with Crippen LogP contribution >= 0.6 is 0 Å². The Morgan fingerprint density at radius 2 is 0.800 bits per heavy atom. The molecule has 0 aliphatic carbocycles. The van der Waals surface area contributed by atoms with Gasteiger partial charge in [0.25, 0.3) is 0 Å². The predicted octanol–water partition coefficient (Wildman–Crippen LogP) is 1.38. The Hall–Kier alpha value is -2.77. The van der Waals surface area contributed by atoms with Gasteiger partial charge in [-0.05, 0) is 18.6 Å². The summed E-state index contributed by atoms with van der Waals surface area (Å²) in [5.74, 6) is -1.62. The summed E-state index contributed by atoms with van der Waals surface area (Å²) >= 11 is 0. The van der Waals surface area contributed by atoms with E-state index in [4.69, 9.17) is 57.2 Å². The van der Waals surface area contributed by atoms with Crippen molar-refractivity contribution in [2.75, 3.05) is 145 Å². The molecule has 0 aliphatic rings. The van der Waals surface area contributed by atoms with Gasteiger partial charge >= 0.3 is 11.9 Å². The molecule has 0 spiro atoms. The number of benzene rings is 1. The Bertz CT molecular complexity index is 925. The molecule has 0 bridgehead atoms. The van der Waals surface area contributed by atoms with E-state index in [1.165, 1.54) is 0 Å². The van der Waals surface area contributed by atoms with E-state index in [1.54, 1.807) is 24.3 Å². The zero-order chi connectivity index (χ0) is 36.0. The fourth-order valence-electron chi connectivity index (χ4n) is 3.64. The lowest BCUT2D eigenvalue weighted by molar-refractivity contribution is -0.138. The molecule has 1 aromatic rings. The highest BCUT2D eigenvalue weighted by Crippen LogP contribution is 2.00. The summed E-state index contributed by atoms with van der Waals surface area (Å²) in [6.45, 7) is 9.73. The zero-order valence-electron chi connectivity index (χ0n) is 29.2.